The average molecular weight is 638 g/mol. The number of ketones is 2. The van der Waals surface area contributed by atoms with Gasteiger partial charge in [-0.2, -0.15) is 13.2 Å². The van der Waals surface area contributed by atoms with Gasteiger partial charge in [0.1, 0.15) is 22.8 Å². The Morgan fingerprint density at radius 3 is 2.30 bits per heavy atom. The number of phenolic OH excluding ortho intramolecular Hbond substituents is 1. The maximum atomic E-state index is 13.7. The van der Waals surface area contributed by atoms with Gasteiger partial charge in [-0.3, -0.25) is 14.4 Å². The third-order valence-corrected chi connectivity index (χ3v) is 8.52. The number of hydrogen-bond acceptors (Lipinski definition) is 9. The molecule has 1 saturated carbocycles. The summed E-state index contributed by atoms with van der Waals surface area (Å²) in [7, 11) is 0. The smallest absolute Gasteiger partial charge is 0.418 e. The van der Waals surface area contributed by atoms with Crippen LogP contribution in [0.25, 0.3) is 5.76 Å². The Bertz CT molecular complexity index is 1740. The van der Waals surface area contributed by atoms with Gasteiger partial charge >= 0.3 is 12.2 Å². The van der Waals surface area contributed by atoms with Gasteiger partial charge in [-0.15, -0.1) is 0 Å². The number of urea groups is 1. The number of anilines is 2. The molecule has 3 aliphatic carbocycles. The number of halogens is 4. The molecule has 0 spiro atoms. The van der Waals surface area contributed by atoms with Crippen LogP contribution < -0.4 is 16.4 Å². The summed E-state index contributed by atoms with van der Waals surface area (Å²) in [6.45, 7) is 1.50. The highest BCUT2D eigenvalue weighted by molar-refractivity contribution is 6.30. The van der Waals surface area contributed by atoms with E-state index >= 15 is 0 Å². The lowest BCUT2D eigenvalue weighted by molar-refractivity contribution is -0.160. The number of rotatable bonds is 3. The molecule has 5 rings (SSSR count). The second kappa shape index (κ2) is 10.2. The van der Waals surface area contributed by atoms with E-state index in [-0.39, 0.29) is 10.6 Å². The number of amides is 3. The highest BCUT2D eigenvalue weighted by Gasteiger charge is 2.65. The molecule has 3 aliphatic rings. The van der Waals surface area contributed by atoms with Crippen molar-refractivity contribution in [3.63, 3.8) is 0 Å². The number of carbonyl (C=O) groups excluding carboxylic acids is 4. The molecule has 2 aromatic rings. The van der Waals surface area contributed by atoms with Crippen molar-refractivity contribution in [3.05, 3.63) is 69.0 Å². The lowest BCUT2D eigenvalue weighted by Gasteiger charge is -2.50. The van der Waals surface area contributed by atoms with E-state index in [0.29, 0.717) is 6.07 Å². The number of nitrogens with one attached hydrogen (secondary N) is 2. The largest absolute Gasteiger partial charge is 0.508 e. The first-order valence-electron chi connectivity index (χ1n) is 12.9. The zero-order valence-electron chi connectivity index (χ0n) is 22.4. The van der Waals surface area contributed by atoms with Gasteiger partial charge in [0.2, 0.25) is 5.78 Å². The predicted molar refractivity (Wildman–Crippen MR) is 147 cm³/mol. The number of primary amides is 1. The molecule has 0 radical (unpaired) electrons. The van der Waals surface area contributed by atoms with Gasteiger partial charge in [-0.05, 0) is 35.7 Å². The van der Waals surface area contributed by atoms with Crippen LogP contribution in [0.2, 0.25) is 5.02 Å². The van der Waals surface area contributed by atoms with E-state index in [0.717, 1.165) is 12.1 Å². The summed E-state index contributed by atoms with van der Waals surface area (Å²) in [4.78, 5) is 50.7. The molecule has 2 aromatic carbocycles. The summed E-state index contributed by atoms with van der Waals surface area (Å²) in [5.74, 6) is -10.7. The van der Waals surface area contributed by atoms with Crippen molar-refractivity contribution in [2.24, 2.45) is 17.6 Å². The number of nitrogens with two attached hydrogens (primary N) is 1. The standard InChI is InChI=1S/C28H23ClF3N3O9/c1-8-10-3-5-14(35-26(43)34-13-4-2-9(29)6-11(13)28(30,31)32)21(38)17(10)22(39)19-16(8)20(37)12-7-15(36)18(25(33)42)23(40)27(12,44)24(19)41/h2-6,8,12,16,20,37-40,44H,7H2,1H3,(H2,33,42)(H2,34,35,43)/t8-,12+,16+,20?,27+/m0/s1. The fourth-order valence-electron chi connectivity index (χ4n) is 6.23. The normalized spacial score (nSPS) is 26.5. The Balaban J connectivity index is 1.56. The Labute approximate surface area is 250 Å². The molecular weight excluding hydrogens is 615 g/mol. The summed E-state index contributed by atoms with van der Waals surface area (Å²) in [6, 6.07) is 3.88. The molecule has 0 heterocycles. The number of phenols is 1. The zero-order chi connectivity index (χ0) is 32.6. The number of Topliss-reactive ketones (excluding diaryl/α,β-unsaturated/α-hetero) is 2. The maximum absolute atomic E-state index is 13.7. The number of hydrogen-bond donors (Lipinski definition) is 8. The molecule has 16 heteroatoms. The van der Waals surface area contributed by atoms with E-state index in [1.54, 1.807) is 0 Å². The number of aromatic hydroxyl groups is 1. The molecule has 0 bridgehead atoms. The fraction of sp³-hybridized carbons (Fsp3) is 0.286. The van der Waals surface area contributed by atoms with Crippen molar-refractivity contribution in [1.29, 1.82) is 0 Å². The molecule has 0 aromatic heterocycles. The molecule has 9 N–H and O–H groups in total. The van der Waals surface area contributed by atoms with Crippen molar-refractivity contribution >= 4 is 52.2 Å². The summed E-state index contributed by atoms with van der Waals surface area (Å²) in [6.07, 6.45) is -7.34. The SMILES string of the molecule is C[C@H]1c2ccc(NC(=O)Nc3ccc(Cl)cc3C(F)(F)F)c(O)c2C(O)=C2C(=O)[C@]3(O)C(O)=C(C(N)=O)C(=O)C[C@@H]3C(O)[C@@H]21. The van der Waals surface area contributed by atoms with Crippen molar-refractivity contribution in [2.45, 2.75) is 37.1 Å². The Hall–Kier alpha value is -4.60. The quantitative estimate of drug-likeness (QED) is 0.183. The van der Waals surface area contributed by atoms with Gasteiger partial charge in [-0.1, -0.05) is 24.6 Å². The first-order chi connectivity index (χ1) is 20.4. The van der Waals surface area contributed by atoms with Crippen LogP contribution in [0.5, 0.6) is 5.75 Å². The first kappa shape index (κ1) is 30.8. The van der Waals surface area contributed by atoms with Gasteiger partial charge < -0.3 is 41.9 Å². The van der Waals surface area contributed by atoms with Crippen molar-refractivity contribution < 1.29 is 57.9 Å². The summed E-state index contributed by atoms with van der Waals surface area (Å²) < 4.78 is 40.3. The molecule has 1 fully saturated rings. The molecule has 1 unspecified atom stereocenters. The molecule has 3 amide bonds. The first-order valence-corrected chi connectivity index (χ1v) is 13.2. The van der Waals surface area contributed by atoms with E-state index in [1.165, 1.54) is 19.1 Å². The Morgan fingerprint density at radius 2 is 1.68 bits per heavy atom. The van der Waals surface area contributed by atoms with Crippen LogP contribution in [0.15, 0.2) is 47.2 Å². The second-order valence-electron chi connectivity index (χ2n) is 10.7. The van der Waals surface area contributed by atoms with Gasteiger partial charge in [0.25, 0.3) is 5.91 Å². The molecule has 44 heavy (non-hydrogen) atoms. The number of alkyl halides is 3. The number of aliphatic hydroxyl groups excluding tert-OH is 3. The predicted octanol–water partition coefficient (Wildman–Crippen LogP) is 3.27. The average Bonchev–Trinajstić information content (AvgIpc) is 2.92. The van der Waals surface area contributed by atoms with Crippen LogP contribution in [0.1, 0.15) is 36.0 Å². The van der Waals surface area contributed by atoms with E-state index in [9.17, 15) is 57.9 Å². The highest BCUT2D eigenvalue weighted by Crippen LogP contribution is 2.56. The monoisotopic (exact) mass is 637 g/mol. The third kappa shape index (κ3) is 4.46. The summed E-state index contributed by atoms with van der Waals surface area (Å²) in [5.41, 5.74) is -2.13. The number of benzene rings is 2. The van der Waals surface area contributed by atoms with E-state index in [1.807, 2.05) is 5.32 Å². The molecule has 0 aliphatic heterocycles. The zero-order valence-corrected chi connectivity index (χ0v) is 23.1. The lowest BCUT2D eigenvalue weighted by Crippen LogP contribution is -2.63. The number of aliphatic hydroxyl groups is 4. The molecular formula is C28H23ClF3N3O9. The van der Waals surface area contributed by atoms with Crippen molar-refractivity contribution in [2.75, 3.05) is 10.6 Å². The van der Waals surface area contributed by atoms with Crippen LogP contribution in [0.3, 0.4) is 0 Å². The van der Waals surface area contributed by atoms with Gasteiger partial charge in [0.05, 0.1) is 28.6 Å². The minimum atomic E-state index is -4.88. The van der Waals surface area contributed by atoms with Gasteiger partial charge in [-0.25, -0.2) is 4.79 Å². The van der Waals surface area contributed by atoms with Crippen LogP contribution in [0.4, 0.5) is 29.3 Å². The molecule has 0 saturated heterocycles. The Morgan fingerprint density at radius 1 is 1.07 bits per heavy atom. The van der Waals surface area contributed by atoms with E-state index < -0.39 is 116 Å². The summed E-state index contributed by atoms with van der Waals surface area (Å²) >= 11 is 5.66. The van der Waals surface area contributed by atoms with Crippen LogP contribution in [-0.4, -0.2) is 60.7 Å². The van der Waals surface area contributed by atoms with Crippen molar-refractivity contribution in [3.8, 4) is 5.75 Å². The summed E-state index contributed by atoms with van der Waals surface area (Å²) in [5, 5.41) is 59.6. The van der Waals surface area contributed by atoms with E-state index in [2.05, 4.69) is 5.32 Å². The lowest BCUT2D eigenvalue weighted by atomic mass is 9.55. The highest BCUT2D eigenvalue weighted by atomic mass is 35.5. The van der Waals surface area contributed by atoms with Crippen LogP contribution in [0, 0.1) is 11.8 Å². The Kier molecular flexibility index (Phi) is 7.18. The minimum Gasteiger partial charge on any atom is -0.508 e. The third-order valence-electron chi connectivity index (χ3n) is 8.28. The van der Waals surface area contributed by atoms with Crippen LogP contribution in [-0.2, 0) is 20.6 Å². The molecule has 232 valence electrons. The minimum absolute atomic E-state index is 0.161. The molecule has 5 atom stereocenters. The number of carbonyl (C=O) groups is 4. The van der Waals surface area contributed by atoms with Crippen LogP contribution >= 0.6 is 11.6 Å². The second-order valence-corrected chi connectivity index (χ2v) is 11.1. The fourth-order valence-corrected chi connectivity index (χ4v) is 6.41. The topological polar surface area (TPSA) is 220 Å². The van der Waals surface area contributed by atoms with Crippen molar-refractivity contribution in [1.82, 2.24) is 0 Å². The number of fused-ring (bicyclic) bond motifs is 3. The van der Waals surface area contributed by atoms with Gasteiger partial charge in [0.15, 0.2) is 11.4 Å². The van der Waals surface area contributed by atoms with E-state index in [4.69, 9.17) is 17.3 Å². The maximum Gasteiger partial charge on any atom is 0.418 e. The molecule has 12 nitrogen and oxygen atoms in total. The van der Waals surface area contributed by atoms with Gasteiger partial charge in [0, 0.05) is 28.9 Å².